The summed E-state index contributed by atoms with van der Waals surface area (Å²) in [7, 11) is 0. The Morgan fingerprint density at radius 1 is 0.918 bits per heavy atom. The second-order valence-electron chi connectivity index (χ2n) is 12.2. The second-order valence-corrected chi connectivity index (χ2v) is 13.2. The Labute approximate surface area is 288 Å². The summed E-state index contributed by atoms with van der Waals surface area (Å²) in [6.45, 7) is 6.63. The lowest BCUT2D eigenvalue weighted by Crippen LogP contribution is -2.58. The van der Waals surface area contributed by atoms with Crippen molar-refractivity contribution in [3.8, 4) is 0 Å². The average molecular weight is 706 g/mol. The number of thioether (sulfide) groups is 1. The lowest BCUT2D eigenvalue weighted by Gasteiger charge is -2.25. The van der Waals surface area contributed by atoms with Crippen LogP contribution in [0, 0.1) is 0 Å². The largest absolute Gasteiger partial charge is 0.481 e. The number of alkyl carbamates (subject to hydrolysis) is 1. The van der Waals surface area contributed by atoms with Crippen LogP contribution >= 0.6 is 11.8 Å². The number of hydrogen-bond acceptors (Lipinski definition) is 9. The monoisotopic (exact) mass is 705 g/mol. The van der Waals surface area contributed by atoms with E-state index in [1.807, 2.05) is 24.3 Å². The van der Waals surface area contributed by atoms with E-state index in [-0.39, 0.29) is 32.2 Å². The zero-order valence-corrected chi connectivity index (χ0v) is 29.2. The van der Waals surface area contributed by atoms with Gasteiger partial charge in [0.25, 0.3) is 0 Å². The number of fused-ring (bicyclic) bond motifs is 1. The number of ether oxygens (including phenoxy) is 1. The number of aliphatic carboxylic acids is 1. The van der Waals surface area contributed by atoms with Crippen LogP contribution in [0.3, 0.4) is 0 Å². The van der Waals surface area contributed by atoms with E-state index >= 15 is 0 Å². The van der Waals surface area contributed by atoms with Crippen LogP contribution in [-0.4, -0.2) is 100 Å². The van der Waals surface area contributed by atoms with Crippen molar-refractivity contribution < 1.29 is 43.4 Å². The summed E-state index contributed by atoms with van der Waals surface area (Å²) in [5.74, 6) is -4.84. The molecule has 9 N–H and O–H groups in total. The number of H-pyrrole nitrogens is 1. The summed E-state index contributed by atoms with van der Waals surface area (Å²) in [5.41, 5.74) is 6.09. The Balaban J connectivity index is 2.27. The third-order valence-electron chi connectivity index (χ3n) is 7.09. The molecule has 2 rings (SSSR count). The van der Waals surface area contributed by atoms with Gasteiger partial charge in [-0.2, -0.15) is 11.8 Å². The molecule has 0 radical (unpaired) electrons. The molecule has 1 heterocycles. The molecule has 0 saturated carbocycles. The number of primary amides is 1. The summed E-state index contributed by atoms with van der Waals surface area (Å²) in [4.78, 5) is 91.4. The fraction of sp³-hybridized carbons (Fsp3) is 0.531. The first kappa shape index (κ1) is 40.4. The summed E-state index contributed by atoms with van der Waals surface area (Å²) in [6.07, 6.45) is 2.10. The SMILES string of the molecule is CC[C@H](NC(=O)[C@H](CC(=O)O)NC(=O)[C@H](CCSC)NC(=O)[C@H](Cc1c[nH]c2ccccc12)NC(=O)CCNC(=O)OC(C)(C)C)C(N)=O. The van der Waals surface area contributed by atoms with Gasteiger partial charge in [0.05, 0.1) is 6.42 Å². The van der Waals surface area contributed by atoms with Gasteiger partial charge < -0.3 is 47.1 Å². The Morgan fingerprint density at radius 2 is 1.53 bits per heavy atom. The Hall–Kier alpha value is -4.80. The zero-order chi connectivity index (χ0) is 36.7. The molecular formula is C32H47N7O9S. The summed E-state index contributed by atoms with van der Waals surface area (Å²) in [5, 5.41) is 22.8. The molecule has 1 aromatic heterocycles. The molecule has 1 aromatic carbocycles. The minimum absolute atomic E-state index is 0.0352. The average Bonchev–Trinajstić information content (AvgIpc) is 3.42. The Bertz CT molecular complexity index is 1490. The first-order valence-corrected chi connectivity index (χ1v) is 17.2. The van der Waals surface area contributed by atoms with Crippen LogP contribution in [0.2, 0.25) is 0 Å². The first-order chi connectivity index (χ1) is 23.0. The van der Waals surface area contributed by atoms with Crippen LogP contribution in [-0.2, 0) is 39.9 Å². The number of carboxylic acid groups (broad SMARTS) is 1. The topological polar surface area (TPSA) is 251 Å². The predicted octanol–water partition coefficient (Wildman–Crippen LogP) is 0.688. The maximum atomic E-state index is 13.8. The molecule has 0 bridgehead atoms. The van der Waals surface area contributed by atoms with Crippen molar-refractivity contribution in [2.75, 3.05) is 18.6 Å². The van der Waals surface area contributed by atoms with Crippen LogP contribution in [0.1, 0.15) is 58.9 Å². The van der Waals surface area contributed by atoms with Crippen LogP contribution in [0.5, 0.6) is 0 Å². The molecule has 6 amide bonds. The number of nitrogens with two attached hydrogens (primary N) is 1. The fourth-order valence-electron chi connectivity index (χ4n) is 4.67. The van der Waals surface area contributed by atoms with E-state index in [0.29, 0.717) is 11.3 Å². The minimum Gasteiger partial charge on any atom is -0.481 e. The number of carboxylic acids is 1. The minimum atomic E-state index is -1.58. The van der Waals surface area contributed by atoms with Crippen LogP contribution in [0.4, 0.5) is 4.79 Å². The molecule has 49 heavy (non-hydrogen) atoms. The van der Waals surface area contributed by atoms with E-state index in [0.717, 1.165) is 10.9 Å². The maximum Gasteiger partial charge on any atom is 0.407 e. The standard InChI is InChI=1S/C32H47N7O9S/c1-6-20(27(33)43)37-30(46)24(16-26(41)42)39-28(44)22(12-14-49-5)38-29(45)23(15-18-17-35-21-10-8-7-9-19(18)21)36-25(40)11-13-34-31(47)48-32(2,3)4/h7-10,17,20,22-24,35H,6,11-16H2,1-5H3,(H2,33,43)(H,34,47)(H,36,40)(H,37,46)(H,38,45)(H,39,44)(H,41,42)/t20-,22-,23-,24-/m0/s1. The molecule has 0 spiro atoms. The van der Waals surface area contributed by atoms with Crippen molar-refractivity contribution in [3.05, 3.63) is 36.0 Å². The molecule has 270 valence electrons. The van der Waals surface area contributed by atoms with Crippen LogP contribution in [0.25, 0.3) is 10.9 Å². The second kappa shape index (κ2) is 19.3. The normalized spacial score (nSPS) is 13.7. The molecule has 0 unspecified atom stereocenters. The zero-order valence-electron chi connectivity index (χ0n) is 28.3. The van der Waals surface area contributed by atoms with E-state index in [4.69, 9.17) is 10.5 Å². The lowest BCUT2D eigenvalue weighted by molar-refractivity contribution is -0.141. The Kier molecular flexibility index (Phi) is 15.9. The van der Waals surface area contributed by atoms with Crippen LogP contribution in [0.15, 0.2) is 30.5 Å². The van der Waals surface area contributed by atoms with E-state index in [9.17, 15) is 38.7 Å². The molecule has 0 fully saturated rings. The molecule has 2 aromatic rings. The molecular weight excluding hydrogens is 658 g/mol. The lowest BCUT2D eigenvalue weighted by atomic mass is 10.0. The summed E-state index contributed by atoms with van der Waals surface area (Å²) >= 11 is 1.39. The highest BCUT2D eigenvalue weighted by Crippen LogP contribution is 2.19. The number of rotatable bonds is 19. The number of carbonyl (C=O) groups is 7. The molecule has 16 nitrogen and oxygen atoms in total. The smallest absolute Gasteiger partial charge is 0.407 e. The maximum absolute atomic E-state index is 13.8. The van der Waals surface area contributed by atoms with Gasteiger partial charge in [0.1, 0.15) is 29.8 Å². The van der Waals surface area contributed by atoms with E-state index in [2.05, 4.69) is 31.6 Å². The molecule has 0 aliphatic heterocycles. The van der Waals surface area contributed by atoms with Gasteiger partial charge in [-0.1, -0.05) is 25.1 Å². The number of aromatic nitrogens is 1. The van der Waals surface area contributed by atoms with Crippen molar-refractivity contribution in [2.45, 2.75) is 89.6 Å². The fourth-order valence-corrected chi connectivity index (χ4v) is 5.14. The highest BCUT2D eigenvalue weighted by molar-refractivity contribution is 7.98. The number of amides is 6. The number of para-hydroxylation sites is 1. The molecule has 0 aliphatic carbocycles. The van der Waals surface area contributed by atoms with E-state index < -0.39 is 77.8 Å². The van der Waals surface area contributed by atoms with Crippen molar-refractivity contribution in [3.63, 3.8) is 0 Å². The molecule has 4 atom stereocenters. The number of benzene rings is 1. The molecule has 0 saturated heterocycles. The predicted molar refractivity (Wildman–Crippen MR) is 183 cm³/mol. The van der Waals surface area contributed by atoms with E-state index in [1.165, 1.54) is 11.8 Å². The molecule has 0 aliphatic rings. The third-order valence-corrected chi connectivity index (χ3v) is 7.74. The van der Waals surface area contributed by atoms with Gasteiger partial charge >= 0.3 is 12.1 Å². The summed E-state index contributed by atoms with van der Waals surface area (Å²) in [6, 6.07) is 2.33. The van der Waals surface area contributed by atoms with Gasteiger partial charge in [-0.05, 0) is 57.3 Å². The van der Waals surface area contributed by atoms with Crippen molar-refractivity contribution in [1.82, 2.24) is 31.6 Å². The van der Waals surface area contributed by atoms with Gasteiger partial charge in [0.2, 0.25) is 29.5 Å². The third kappa shape index (κ3) is 14.1. The summed E-state index contributed by atoms with van der Waals surface area (Å²) < 4.78 is 5.18. The Morgan fingerprint density at radius 3 is 2.14 bits per heavy atom. The van der Waals surface area contributed by atoms with Gasteiger partial charge in [0, 0.05) is 36.5 Å². The first-order valence-electron chi connectivity index (χ1n) is 15.8. The van der Waals surface area contributed by atoms with Gasteiger partial charge in [-0.15, -0.1) is 0 Å². The van der Waals surface area contributed by atoms with Gasteiger partial charge in [-0.25, -0.2) is 4.79 Å². The number of aromatic amines is 1. The van der Waals surface area contributed by atoms with E-state index in [1.54, 1.807) is 40.1 Å². The number of carbonyl (C=O) groups excluding carboxylic acids is 6. The highest BCUT2D eigenvalue weighted by Gasteiger charge is 2.32. The van der Waals surface area contributed by atoms with Crippen molar-refractivity contribution >= 4 is 64.3 Å². The van der Waals surface area contributed by atoms with Gasteiger partial charge in [-0.3, -0.25) is 28.8 Å². The number of hydrogen-bond donors (Lipinski definition) is 8. The van der Waals surface area contributed by atoms with Crippen molar-refractivity contribution in [2.24, 2.45) is 5.73 Å². The molecule has 17 heteroatoms. The number of nitrogens with one attached hydrogen (secondary N) is 6. The quantitative estimate of drug-likeness (QED) is 0.102. The van der Waals surface area contributed by atoms with Crippen LogP contribution < -0.4 is 32.3 Å². The van der Waals surface area contributed by atoms with Gasteiger partial charge in [0.15, 0.2) is 0 Å². The highest BCUT2D eigenvalue weighted by atomic mass is 32.2. The van der Waals surface area contributed by atoms with Crippen molar-refractivity contribution in [1.29, 1.82) is 0 Å².